The number of amides is 1. The van der Waals surface area contributed by atoms with E-state index < -0.39 is 9.84 Å². The van der Waals surface area contributed by atoms with Crippen molar-refractivity contribution < 1.29 is 13.2 Å². The Balaban J connectivity index is 0.00000147. The molecule has 1 aliphatic carbocycles. The molecule has 5 nitrogen and oxygen atoms in total. The molecule has 2 N–H and O–H groups in total. The van der Waals surface area contributed by atoms with Crippen molar-refractivity contribution in [2.75, 3.05) is 11.5 Å². The number of hydrogen-bond acceptors (Lipinski definition) is 4. The first-order valence-corrected chi connectivity index (χ1v) is 9.12. The molecule has 0 bridgehead atoms. The molecule has 0 spiro atoms. The Bertz CT molecular complexity index is 454. The van der Waals surface area contributed by atoms with Crippen LogP contribution in [0, 0.1) is 5.92 Å². The first kappa shape index (κ1) is 16.0. The summed E-state index contributed by atoms with van der Waals surface area (Å²) in [6, 6.07) is 0.204. The van der Waals surface area contributed by atoms with Crippen LogP contribution >= 0.6 is 12.4 Å². The van der Waals surface area contributed by atoms with Crippen molar-refractivity contribution in [1.29, 1.82) is 0 Å². The SMILES string of the molecule is Cl.O=C(NC1CCS(=O)(=O)C1)C1CC2CCCCC2N1. The zero-order chi connectivity index (χ0) is 13.5. The zero-order valence-corrected chi connectivity index (χ0v) is 13.1. The minimum Gasteiger partial charge on any atom is -0.351 e. The standard InChI is InChI=1S/C13H22N2O3S.ClH/c16-13(14-10-5-6-19(17,18)8-10)12-7-9-3-1-2-4-11(9)15-12;/h9-12,15H,1-8H2,(H,14,16);1H. The van der Waals surface area contributed by atoms with Crippen LogP contribution in [0.4, 0.5) is 0 Å². The number of rotatable bonds is 2. The van der Waals surface area contributed by atoms with E-state index in [1.165, 1.54) is 25.7 Å². The van der Waals surface area contributed by atoms with Crippen LogP contribution in [0.25, 0.3) is 0 Å². The van der Waals surface area contributed by atoms with Crippen LogP contribution in [0.15, 0.2) is 0 Å². The van der Waals surface area contributed by atoms with Crippen LogP contribution in [-0.4, -0.2) is 44.0 Å². The minimum absolute atomic E-state index is 0. The van der Waals surface area contributed by atoms with Crippen molar-refractivity contribution in [2.45, 2.75) is 56.7 Å². The first-order chi connectivity index (χ1) is 9.03. The summed E-state index contributed by atoms with van der Waals surface area (Å²) in [6.45, 7) is 0. The highest BCUT2D eigenvalue weighted by Gasteiger charge is 2.39. The van der Waals surface area contributed by atoms with Crippen LogP contribution in [-0.2, 0) is 14.6 Å². The highest BCUT2D eigenvalue weighted by atomic mass is 35.5. The van der Waals surface area contributed by atoms with Crippen LogP contribution < -0.4 is 10.6 Å². The Morgan fingerprint density at radius 2 is 1.90 bits per heavy atom. The zero-order valence-electron chi connectivity index (χ0n) is 11.5. The first-order valence-electron chi connectivity index (χ1n) is 7.30. The third-order valence-electron chi connectivity index (χ3n) is 4.76. The van der Waals surface area contributed by atoms with E-state index in [0.717, 1.165) is 6.42 Å². The topological polar surface area (TPSA) is 75.3 Å². The van der Waals surface area contributed by atoms with Crippen molar-refractivity contribution in [1.82, 2.24) is 10.6 Å². The predicted molar refractivity (Wildman–Crippen MR) is 79.7 cm³/mol. The summed E-state index contributed by atoms with van der Waals surface area (Å²) in [7, 11) is -2.92. The lowest BCUT2D eigenvalue weighted by molar-refractivity contribution is -0.123. The Hall–Kier alpha value is -0.330. The van der Waals surface area contributed by atoms with Crippen LogP contribution in [0.1, 0.15) is 38.5 Å². The number of fused-ring (bicyclic) bond motifs is 1. The largest absolute Gasteiger partial charge is 0.351 e. The van der Waals surface area contributed by atoms with Gasteiger partial charge in [0.1, 0.15) is 0 Å². The van der Waals surface area contributed by atoms with Crippen molar-refractivity contribution in [3.05, 3.63) is 0 Å². The summed E-state index contributed by atoms with van der Waals surface area (Å²) in [5.74, 6) is 0.952. The van der Waals surface area contributed by atoms with Gasteiger partial charge >= 0.3 is 0 Å². The normalized spacial score (nSPS) is 38.8. The van der Waals surface area contributed by atoms with Crippen molar-refractivity contribution in [2.24, 2.45) is 5.92 Å². The molecule has 2 aliphatic heterocycles. The molecule has 20 heavy (non-hydrogen) atoms. The van der Waals surface area contributed by atoms with Gasteiger partial charge in [0.25, 0.3) is 0 Å². The van der Waals surface area contributed by atoms with Crippen LogP contribution in [0.5, 0.6) is 0 Å². The van der Waals surface area contributed by atoms with Gasteiger partial charge in [-0.05, 0) is 31.6 Å². The van der Waals surface area contributed by atoms with Gasteiger partial charge in [-0.25, -0.2) is 8.42 Å². The van der Waals surface area contributed by atoms with E-state index >= 15 is 0 Å². The Morgan fingerprint density at radius 1 is 1.15 bits per heavy atom. The maximum absolute atomic E-state index is 12.2. The molecule has 116 valence electrons. The van der Waals surface area contributed by atoms with E-state index in [0.29, 0.717) is 18.4 Å². The predicted octanol–water partition coefficient (Wildman–Crippen LogP) is 0.632. The average molecular weight is 323 g/mol. The number of carbonyl (C=O) groups is 1. The molecule has 7 heteroatoms. The monoisotopic (exact) mass is 322 g/mol. The second-order valence-corrected chi connectivity index (χ2v) is 8.44. The summed E-state index contributed by atoms with van der Waals surface area (Å²) in [5, 5.41) is 6.33. The van der Waals surface area contributed by atoms with Gasteiger partial charge < -0.3 is 10.6 Å². The smallest absolute Gasteiger partial charge is 0.237 e. The molecule has 4 unspecified atom stereocenters. The lowest BCUT2D eigenvalue weighted by Crippen LogP contribution is -2.47. The van der Waals surface area contributed by atoms with E-state index in [1.807, 2.05) is 0 Å². The van der Waals surface area contributed by atoms with Gasteiger partial charge in [0.05, 0.1) is 17.5 Å². The summed E-state index contributed by atoms with van der Waals surface area (Å²) in [5.41, 5.74) is 0. The molecule has 1 saturated carbocycles. The maximum atomic E-state index is 12.2. The van der Waals surface area contributed by atoms with Crippen LogP contribution in [0.2, 0.25) is 0 Å². The fourth-order valence-corrected chi connectivity index (χ4v) is 5.41. The lowest BCUT2D eigenvalue weighted by Gasteiger charge is -2.24. The Labute approximate surface area is 126 Å². The average Bonchev–Trinajstić information content (AvgIpc) is 2.92. The number of halogens is 1. The molecule has 1 amide bonds. The molecule has 3 fully saturated rings. The number of sulfone groups is 1. The fraction of sp³-hybridized carbons (Fsp3) is 0.923. The van der Waals surface area contributed by atoms with Crippen LogP contribution in [0.3, 0.4) is 0 Å². The summed E-state index contributed by atoms with van der Waals surface area (Å²) >= 11 is 0. The molecule has 0 aromatic rings. The highest BCUT2D eigenvalue weighted by Crippen LogP contribution is 2.33. The summed E-state index contributed by atoms with van der Waals surface area (Å²) < 4.78 is 22.8. The third kappa shape index (κ3) is 3.46. The van der Waals surface area contributed by atoms with Gasteiger partial charge in [0, 0.05) is 12.1 Å². The molecule has 3 aliphatic rings. The quantitative estimate of drug-likeness (QED) is 0.782. The molecule has 2 saturated heterocycles. The van der Waals surface area contributed by atoms with E-state index in [2.05, 4.69) is 10.6 Å². The summed E-state index contributed by atoms with van der Waals surface area (Å²) in [4.78, 5) is 12.2. The van der Waals surface area contributed by atoms with Gasteiger partial charge in [0.15, 0.2) is 9.84 Å². The van der Waals surface area contributed by atoms with Crippen molar-refractivity contribution >= 4 is 28.2 Å². The molecule has 0 aromatic heterocycles. The number of hydrogen-bond donors (Lipinski definition) is 2. The number of nitrogens with one attached hydrogen (secondary N) is 2. The summed E-state index contributed by atoms with van der Waals surface area (Å²) in [6.07, 6.45) is 6.40. The maximum Gasteiger partial charge on any atom is 0.237 e. The molecule has 4 atom stereocenters. The van der Waals surface area contributed by atoms with Crippen molar-refractivity contribution in [3.63, 3.8) is 0 Å². The van der Waals surface area contributed by atoms with E-state index in [1.54, 1.807) is 0 Å². The molecule has 0 radical (unpaired) electrons. The lowest BCUT2D eigenvalue weighted by atomic mass is 9.85. The van der Waals surface area contributed by atoms with Gasteiger partial charge in [-0.15, -0.1) is 12.4 Å². The Kier molecular flexibility index (Phi) is 4.97. The molecule has 3 rings (SSSR count). The molecular weight excluding hydrogens is 300 g/mol. The second-order valence-electron chi connectivity index (χ2n) is 6.21. The second kappa shape index (κ2) is 6.20. The highest BCUT2D eigenvalue weighted by molar-refractivity contribution is 7.91. The Morgan fingerprint density at radius 3 is 2.55 bits per heavy atom. The van der Waals surface area contributed by atoms with Gasteiger partial charge in [-0.3, -0.25) is 4.79 Å². The van der Waals surface area contributed by atoms with E-state index in [-0.39, 0.29) is 41.9 Å². The third-order valence-corrected chi connectivity index (χ3v) is 6.53. The minimum atomic E-state index is -2.92. The van der Waals surface area contributed by atoms with E-state index in [9.17, 15) is 13.2 Å². The fourth-order valence-electron chi connectivity index (χ4n) is 3.73. The van der Waals surface area contributed by atoms with Crippen molar-refractivity contribution in [3.8, 4) is 0 Å². The number of carbonyl (C=O) groups excluding carboxylic acids is 1. The van der Waals surface area contributed by atoms with Gasteiger partial charge in [0.2, 0.25) is 5.91 Å². The van der Waals surface area contributed by atoms with E-state index in [4.69, 9.17) is 0 Å². The van der Waals surface area contributed by atoms with Gasteiger partial charge in [-0.2, -0.15) is 0 Å². The molecular formula is C13H23ClN2O3S. The molecule has 0 aromatic carbocycles. The van der Waals surface area contributed by atoms with Gasteiger partial charge in [-0.1, -0.05) is 12.8 Å². The molecule has 2 heterocycles.